The zero-order chi connectivity index (χ0) is 32.4. The van der Waals surface area contributed by atoms with Gasteiger partial charge in [0.1, 0.15) is 4.91 Å². The van der Waals surface area contributed by atoms with Gasteiger partial charge in [-0.3, -0.25) is 14.5 Å². The normalized spacial score (nSPS) is 18.2. The van der Waals surface area contributed by atoms with Gasteiger partial charge in [-0.2, -0.15) is 0 Å². The Labute approximate surface area is 261 Å². The van der Waals surface area contributed by atoms with E-state index in [2.05, 4.69) is 43.6 Å². The second-order valence-corrected chi connectivity index (χ2v) is 12.8. The molecule has 0 bridgehead atoms. The Balaban J connectivity index is 1.39. The lowest BCUT2D eigenvalue weighted by molar-refractivity contribution is -0.274. The molecule has 5 rings (SSSR count). The Bertz CT molecular complexity index is 1720. The molecule has 0 spiro atoms. The first-order valence-electron chi connectivity index (χ1n) is 14.7. The monoisotopic (exact) mass is 640 g/mol. The van der Waals surface area contributed by atoms with Gasteiger partial charge in [-0.15, -0.1) is 13.2 Å². The number of amides is 1. The van der Waals surface area contributed by atoms with E-state index in [-0.39, 0.29) is 21.7 Å². The van der Waals surface area contributed by atoms with E-state index < -0.39 is 33.7 Å². The lowest BCUT2D eigenvalue weighted by Gasteiger charge is -2.37. The van der Waals surface area contributed by atoms with E-state index in [0.717, 1.165) is 30.5 Å². The van der Waals surface area contributed by atoms with Crippen molar-refractivity contribution in [2.45, 2.75) is 58.4 Å². The van der Waals surface area contributed by atoms with Crippen molar-refractivity contribution >= 4 is 27.8 Å². The molecule has 2 aliphatic carbocycles. The number of carbonyl (C=O) groups excluding carboxylic acids is 1. The van der Waals surface area contributed by atoms with Gasteiger partial charge >= 0.3 is 6.36 Å². The molecule has 12 heteroatoms. The molecule has 8 nitrogen and oxygen atoms in total. The molecule has 1 amide bonds. The molecule has 45 heavy (non-hydrogen) atoms. The van der Waals surface area contributed by atoms with E-state index in [0.29, 0.717) is 25.9 Å². The number of alkyl halides is 3. The fourth-order valence-electron chi connectivity index (χ4n) is 5.62. The summed E-state index contributed by atoms with van der Waals surface area (Å²) in [7, 11) is -4.42. The Hall–Kier alpha value is -4.32. The van der Waals surface area contributed by atoms with Gasteiger partial charge in [0.2, 0.25) is 0 Å². The summed E-state index contributed by atoms with van der Waals surface area (Å²) in [4.78, 5) is 21.1. The molecule has 0 radical (unpaired) electrons. The number of hydrogen-bond donors (Lipinski definition) is 1. The predicted molar refractivity (Wildman–Crippen MR) is 168 cm³/mol. The maximum Gasteiger partial charge on any atom is 0.573 e. The molecule has 1 heterocycles. The van der Waals surface area contributed by atoms with Crippen LogP contribution >= 0.6 is 0 Å². The largest absolute Gasteiger partial charge is 0.573 e. The van der Waals surface area contributed by atoms with E-state index in [9.17, 15) is 26.4 Å². The van der Waals surface area contributed by atoms with Crippen LogP contribution in [0.1, 0.15) is 61.0 Å². The van der Waals surface area contributed by atoms with Gasteiger partial charge < -0.3 is 14.5 Å². The number of allylic oxidation sites excluding steroid dienone is 4. The first-order chi connectivity index (χ1) is 21.4. The number of aliphatic imine (C=N–C) groups is 1. The van der Waals surface area contributed by atoms with Gasteiger partial charge in [0.25, 0.3) is 15.9 Å². The van der Waals surface area contributed by atoms with Crippen LogP contribution in [0.2, 0.25) is 0 Å². The van der Waals surface area contributed by atoms with E-state index >= 15 is 0 Å². The second kappa shape index (κ2) is 12.6. The fraction of sp³-hybridized carbons (Fsp3) is 0.333. The number of nitrogens with one attached hydrogen (secondary N) is 1. The molecule has 1 fully saturated rings. The number of sulfonamides is 1. The number of ether oxygens (including phenoxy) is 1. The van der Waals surface area contributed by atoms with Gasteiger partial charge in [0.05, 0.1) is 16.9 Å². The standard InChI is InChI=1S/C33H35F3N4O4S/c1-4-24-8-6-7-9-29(30(24)37-5-2)45(42,43)38-27-15-12-25(22-28(27)44-33(34,35)36)31(41)39-18-20-40(21-19-39)32(16-17-32)26-13-10-23(3)11-14-26/h5-7,9-15,18,20,22,38H,4,8,16-17,19,21H2,1-3H3. The fourth-order valence-corrected chi connectivity index (χ4v) is 6.90. The van der Waals surface area contributed by atoms with Crippen molar-refractivity contribution in [3.63, 3.8) is 0 Å². The molecule has 0 unspecified atom stereocenters. The van der Waals surface area contributed by atoms with E-state index in [1.54, 1.807) is 25.3 Å². The molecule has 1 aliphatic heterocycles. The van der Waals surface area contributed by atoms with Gasteiger partial charge in [0, 0.05) is 37.3 Å². The minimum atomic E-state index is -5.14. The van der Waals surface area contributed by atoms with Crippen LogP contribution in [-0.4, -0.2) is 49.8 Å². The number of rotatable bonds is 9. The van der Waals surface area contributed by atoms with Crippen LogP contribution in [0.5, 0.6) is 5.75 Å². The summed E-state index contributed by atoms with van der Waals surface area (Å²) < 4.78 is 73.9. The zero-order valence-electron chi connectivity index (χ0n) is 25.3. The molecule has 238 valence electrons. The number of anilines is 1. The van der Waals surface area contributed by atoms with Gasteiger partial charge in [-0.05, 0) is 74.9 Å². The van der Waals surface area contributed by atoms with Crippen molar-refractivity contribution in [3.8, 4) is 5.75 Å². The highest BCUT2D eigenvalue weighted by Crippen LogP contribution is 2.51. The average molecular weight is 641 g/mol. The van der Waals surface area contributed by atoms with Crippen molar-refractivity contribution in [2.75, 3.05) is 17.8 Å². The molecule has 0 aromatic heterocycles. The summed E-state index contributed by atoms with van der Waals surface area (Å²) in [5.74, 6) is -1.39. The molecule has 0 saturated heterocycles. The lowest BCUT2D eigenvalue weighted by atomic mass is 10.0. The highest BCUT2D eigenvalue weighted by Gasteiger charge is 2.49. The Morgan fingerprint density at radius 1 is 1.11 bits per heavy atom. The van der Waals surface area contributed by atoms with E-state index in [4.69, 9.17) is 0 Å². The van der Waals surface area contributed by atoms with Gasteiger partial charge in [-0.1, -0.05) is 48.9 Å². The number of halogens is 3. The number of hydrogen-bond acceptors (Lipinski definition) is 6. The van der Waals surface area contributed by atoms with Crippen LogP contribution in [0.25, 0.3) is 0 Å². The third-order valence-electron chi connectivity index (χ3n) is 8.12. The topological polar surface area (TPSA) is 91.3 Å². The molecule has 2 aromatic rings. The number of aryl methyl sites for hydroxylation is 1. The van der Waals surface area contributed by atoms with Crippen LogP contribution < -0.4 is 9.46 Å². The summed E-state index contributed by atoms with van der Waals surface area (Å²) in [5, 5.41) is 0. The maximum absolute atomic E-state index is 13.5. The Morgan fingerprint density at radius 3 is 2.44 bits per heavy atom. The van der Waals surface area contributed by atoms with E-state index in [1.165, 1.54) is 34.4 Å². The summed E-state index contributed by atoms with van der Waals surface area (Å²) in [6.45, 7) is 6.40. The summed E-state index contributed by atoms with van der Waals surface area (Å²) in [6.07, 6.45) is 7.46. The summed E-state index contributed by atoms with van der Waals surface area (Å²) in [5.41, 5.74) is 2.68. The minimum Gasteiger partial charge on any atom is -0.404 e. The van der Waals surface area contributed by atoms with Crippen molar-refractivity contribution in [1.82, 2.24) is 9.80 Å². The van der Waals surface area contributed by atoms with Crippen LogP contribution in [0, 0.1) is 6.92 Å². The zero-order valence-corrected chi connectivity index (χ0v) is 26.1. The molecule has 1 N–H and O–H groups in total. The van der Waals surface area contributed by atoms with Crippen molar-refractivity contribution < 1.29 is 31.1 Å². The highest BCUT2D eigenvalue weighted by molar-refractivity contribution is 7.96. The SMILES string of the molecule is CC=NC1=C(CC)CC=CC=C1S(=O)(=O)Nc1ccc(C(=O)N2C=CN(C3(c4ccc(C)cc4)CC3)CC2)cc1OC(F)(F)F. The van der Waals surface area contributed by atoms with Crippen molar-refractivity contribution in [3.05, 3.63) is 106 Å². The predicted octanol–water partition coefficient (Wildman–Crippen LogP) is 7.15. The molecule has 1 saturated carbocycles. The first kappa shape index (κ1) is 32.1. The van der Waals surface area contributed by atoms with Crippen LogP contribution in [-0.2, 0) is 15.6 Å². The molecular formula is C33H35F3N4O4S. The third-order valence-corrected chi connectivity index (χ3v) is 9.52. The Kier molecular flexibility index (Phi) is 8.97. The Morgan fingerprint density at radius 2 is 1.84 bits per heavy atom. The number of nitrogens with zero attached hydrogens (tertiary/aromatic N) is 3. The van der Waals surface area contributed by atoms with Crippen molar-refractivity contribution in [1.29, 1.82) is 0 Å². The molecular weight excluding hydrogens is 605 g/mol. The first-order valence-corrected chi connectivity index (χ1v) is 16.2. The summed E-state index contributed by atoms with van der Waals surface area (Å²) in [6, 6.07) is 11.7. The van der Waals surface area contributed by atoms with Crippen molar-refractivity contribution in [2.24, 2.45) is 4.99 Å². The lowest BCUT2D eigenvalue weighted by Crippen LogP contribution is -2.42. The molecule has 0 atom stereocenters. The smallest absolute Gasteiger partial charge is 0.404 e. The van der Waals surface area contributed by atoms with Crippen LogP contribution in [0.4, 0.5) is 18.9 Å². The number of carbonyl (C=O) groups is 1. The molecule has 2 aromatic carbocycles. The van der Waals surface area contributed by atoms with Crippen LogP contribution in [0.3, 0.4) is 0 Å². The highest BCUT2D eigenvalue weighted by atomic mass is 32.2. The number of benzene rings is 2. The van der Waals surface area contributed by atoms with E-state index in [1.807, 2.05) is 20.0 Å². The minimum absolute atomic E-state index is 0.0870. The average Bonchev–Trinajstić information content (AvgIpc) is 3.83. The maximum atomic E-state index is 13.5. The van der Waals surface area contributed by atoms with Gasteiger partial charge in [-0.25, -0.2) is 8.42 Å². The quantitative estimate of drug-likeness (QED) is 0.294. The summed E-state index contributed by atoms with van der Waals surface area (Å²) >= 11 is 0. The van der Waals surface area contributed by atoms with Crippen LogP contribution in [0.15, 0.2) is 94.3 Å². The second-order valence-electron chi connectivity index (χ2n) is 11.1. The molecule has 3 aliphatic rings. The third kappa shape index (κ3) is 7.00. The van der Waals surface area contributed by atoms with Gasteiger partial charge in [0.15, 0.2) is 5.75 Å².